The van der Waals surface area contributed by atoms with Gasteiger partial charge in [0.25, 0.3) is 5.91 Å². The fourth-order valence-corrected chi connectivity index (χ4v) is 3.60. The highest BCUT2D eigenvalue weighted by Crippen LogP contribution is 2.35. The van der Waals surface area contributed by atoms with Crippen molar-refractivity contribution in [2.24, 2.45) is 0 Å². The highest BCUT2D eigenvalue weighted by molar-refractivity contribution is 7.90. The average molecular weight is 330 g/mol. The molecule has 0 fully saturated rings. The fourth-order valence-electron chi connectivity index (χ4n) is 1.87. The first kappa shape index (κ1) is 15.7. The first-order chi connectivity index (χ1) is 9.70. The minimum Gasteiger partial charge on any atom is -0.397 e. The van der Waals surface area contributed by atoms with E-state index in [9.17, 15) is 17.6 Å². The molecule has 0 aliphatic heterocycles. The van der Waals surface area contributed by atoms with E-state index in [1.807, 2.05) is 0 Å². The number of amides is 1. The van der Waals surface area contributed by atoms with Crippen LogP contribution in [0.5, 0.6) is 0 Å². The van der Waals surface area contributed by atoms with Crippen LogP contribution in [-0.2, 0) is 9.84 Å². The first-order valence-corrected chi connectivity index (χ1v) is 8.98. The number of sulfone groups is 1. The van der Waals surface area contributed by atoms with Crippen molar-refractivity contribution >= 4 is 42.9 Å². The van der Waals surface area contributed by atoms with E-state index in [0.29, 0.717) is 4.70 Å². The van der Waals surface area contributed by atoms with Crippen LogP contribution >= 0.6 is 11.3 Å². The Morgan fingerprint density at radius 3 is 2.67 bits per heavy atom. The van der Waals surface area contributed by atoms with Crippen molar-refractivity contribution in [3.8, 4) is 0 Å². The highest BCUT2D eigenvalue weighted by Gasteiger charge is 2.22. The molecule has 0 saturated heterocycles. The second kappa shape index (κ2) is 5.61. The van der Waals surface area contributed by atoms with E-state index in [1.54, 1.807) is 12.1 Å². The molecule has 0 aliphatic carbocycles. The van der Waals surface area contributed by atoms with E-state index >= 15 is 0 Å². The van der Waals surface area contributed by atoms with Crippen LogP contribution in [0.3, 0.4) is 0 Å². The van der Waals surface area contributed by atoms with E-state index in [-0.39, 0.29) is 28.2 Å². The third-order valence-corrected chi connectivity index (χ3v) is 5.12. The van der Waals surface area contributed by atoms with Gasteiger partial charge in [0.05, 0.1) is 16.8 Å². The second-order valence-electron chi connectivity index (χ2n) is 4.81. The van der Waals surface area contributed by atoms with E-state index < -0.39 is 21.6 Å². The summed E-state index contributed by atoms with van der Waals surface area (Å²) in [5.41, 5.74) is 5.97. The SMILES string of the molecule is CN(CCS(C)(=O)=O)C(=O)c1sc2cccc(F)c2c1N. The normalized spacial score (nSPS) is 11.8. The third kappa shape index (κ3) is 3.33. The monoisotopic (exact) mass is 330 g/mol. The number of carbonyl (C=O) groups excluding carboxylic acids is 1. The smallest absolute Gasteiger partial charge is 0.265 e. The van der Waals surface area contributed by atoms with Crippen molar-refractivity contribution < 1.29 is 17.6 Å². The maximum atomic E-state index is 13.8. The van der Waals surface area contributed by atoms with E-state index in [0.717, 1.165) is 17.6 Å². The number of fused-ring (bicyclic) bond motifs is 1. The van der Waals surface area contributed by atoms with Gasteiger partial charge in [-0.2, -0.15) is 0 Å². The van der Waals surface area contributed by atoms with Crippen LogP contribution < -0.4 is 5.73 Å². The molecule has 0 saturated carbocycles. The lowest BCUT2D eigenvalue weighted by molar-refractivity contribution is 0.0809. The van der Waals surface area contributed by atoms with Gasteiger partial charge in [-0.25, -0.2) is 12.8 Å². The Kier molecular flexibility index (Phi) is 4.20. The van der Waals surface area contributed by atoms with Crippen LogP contribution in [0.4, 0.5) is 10.1 Å². The number of nitrogen functional groups attached to an aromatic ring is 1. The molecule has 0 unspecified atom stereocenters. The summed E-state index contributed by atoms with van der Waals surface area (Å²) in [5.74, 6) is -1.01. The van der Waals surface area contributed by atoms with E-state index in [4.69, 9.17) is 5.73 Å². The zero-order valence-corrected chi connectivity index (χ0v) is 13.2. The molecule has 0 atom stereocenters. The number of rotatable bonds is 4. The zero-order chi connectivity index (χ0) is 15.8. The Balaban J connectivity index is 2.31. The number of hydrogen-bond donors (Lipinski definition) is 1. The standard InChI is InChI=1S/C13H15FN2O3S2/c1-16(6-7-21(2,18)19)13(17)12-11(15)10-8(14)4-3-5-9(10)20-12/h3-5H,6-7,15H2,1-2H3. The molecule has 0 aliphatic rings. The summed E-state index contributed by atoms with van der Waals surface area (Å²) < 4.78 is 36.6. The topological polar surface area (TPSA) is 80.5 Å². The van der Waals surface area contributed by atoms with Crippen LogP contribution in [0, 0.1) is 5.82 Å². The molecule has 1 heterocycles. The third-order valence-electron chi connectivity index (χ3n) is 3.04. The Labute approximate surface area is 126 Å². The molecule has 2 aromatic rings. The summed E-state index contributed by atoms with van der Waals surface area (Å²) >= 11 is 1.10. The molecule has 114 valence electrons. The van der Waals surface area contributed by atoms with Gasteiger partial charge < -0.3 is 10.6 Å². The minimum absolute atomic E-state index is 0.0633. The van der Waals surface area contributed by atoms with Crippen LogP contribution in [0.15, 0.2) is 18.2 Å². The van der Waals surface area contributed by atoms with Crippen LogP contribution in [0.25, 0.3) is 10.1 Å². The molecule has 2 rings (SSSR count). The Morgan fingerprint density at radius 1 is 1.43 bits per heavy atom. The Bertz CT molecular complexity index is 799. The maximum absolute atomic E-state index is 13.8. The molecule has 5 nitrogen and oxygen atoms in total. The highest BCUT2D eigenvalue weighted by atomic mass is 32.2. The molecule has 1 aromatic heterocycles. The lowest BCUT2D eigenvalue weighted by Crippen LogP contribution is -2.31. The summed E-state index contributed by atoms with van der Waals surface area (Å²) in [6, 6.07) is 4.52. The summed E-state index contributed by atoms with van der Waals surface area (Å²) in [6.07, 6.45) is 1.11. The van der Waals surface area contributed by atoms with Crippen molar-refractivity contribution in [1.29, 1.82) is 0 Å². The molecule has 0 bridgehead atoms. The van der Waals surface area contributed by atoms with Gasteiger partial charge >= 0.3 is 0 Å². The van der Waals surface area contributed by atoms with Gasteiger partial charge in [0.1, 0.15) is 20.5 Å². The fraction of sp³-hybridized carbons (Fsp3) is 0.308. The van der Waals surface area contributed by atoms with Crippen LogP contribution in [0.2, 0.25) is 0 Å². The lowest BCUT2D eigenvalue weighted by Gasteiger charge is -2.15. The van der Waals surface area contributed by atoms with Crippen molar-refractivity contribution in [2.45, 2.75) is 0 Å². The van der Waals surface area contributed by atoms with Crippen molar-refractivity contribution in [1.82, 2.24) is 4.90 Å². The quantitative estimate of drug-likeness (QED) is 0.926. The Hall–Kier alpha value is -1.67. The first-order valence-electron chi connectivity index (χ1n) is 6.10. The van der Waals surface area contributed by atoms with Crippen LogP contribution in [-0.4, -0.2) is 44.8 Å². The van der Waals surface area contributed by atoms with Crippen LogP contribution in [0.1, 0.15) is 9.67 Å². The number of thiophene rings is 1. The van der Waals surface area contributed by atoms with Gasteiger partial charge in [-0.1, -0.05) is 6.07 Å². The van der Waals surface area contributed by atoms with Gasteiger partial charge in [0, 0.05) is 24.5 Å². The van der Waals surface area contributed by atoms with Crippen molar-refractivity contribution in [3.63, 3.8) is 0 Å². The van der Waals surface area contributed by atoms with E-state index in [1.165, 1.54) is 18.0 Å². The summed E-state index contributed by atoms with van der Waals surface area (Å²) in [6.45, 7) is 0.0633. The van der Waals surface area contributed by atoms with E-state index in [2.05, 4.69) is 0 Å². The van der Waals surface area contributed by atoms with Gasteiger partial charge in [-0.3, -0.25) is 4.79 Å². The molecular formula is C13H15FN2O3S2. The number of nitrogens with two attached hydrogens (primary N) is 1. The van der Waals surface area contributed by atoms with Gasteiger partial charge in [0.15, 0.2) is 0 Å². The molecule has 0 spiro atoms. The number of halogens is 1. The predicted molar refractivity (Wildman–Crippen MR) is 82.9 cm³/mol. The van der Waals surface area contributed by atoms with Gasteiger partial charge in [0.2, 0.25) is 0 Å². The van der Waals surface area contributed by atoms with Crippen molar-refractivity contribution in [2.75, 3.05) is 31.3 Å². The molecular weight excluding hydrogens is 315 g/mol. The maximum Gasteiger partial charge on any atom is 0.265 e. The average Bonchev–Trinajstić information content (AvgIpc) is 2.73. The molecule has 8 heteroatoms. The minimum atomic E-state index is -3.16. The molecule has 2 N–H and O–H groups in total. The summed E-state index contributed by atoms with van der Waals surface area (Å²) in [7, 11) is -1.66. The lowest BCUT2D eigenvalue weighted by atomic mass is 10.2. The second-order valence-corrected chi connectivity index (χ2v) is 8.13. The number of anilines is 1. The molecule has 1 amide bonds. The predicted octanol–water partition coefficient (Wildman–Crippen LogP) is 1.74. The van der Waals surface area contributed by atoms with Crippen molar-refractivity contribution in [3.05, 3.63) is 28.9 Å². The van der Waals surface area contributed by atoms with Gasteiger partial charge in [-0.15, -0.1) is 11.3 Å². The zero-order valence-electron chi connectivity index (χ0n) is 11.6. The molecule has 0 radical (unpaired) electrons. The Morgan fingerprint density at radius 2 is 2.10 bits per heavy atom. The number of benzene rings is 1. The number of hydrogen-bond acceptors (Lipinski definition) is 5. The largest absolute Gasteiger partial charge is 0.397 e. The summed E-state index contributed by atoms with van der Waals surface area (Å²) in [4.78, 5) is 13.8. The summed E-state index contributed by atoms with van der Waals surface area (Å²) in [5, 5.41) is 0.238. The molecule has 21 heavy (non-hydrogen) atoms. The van der Waals surface area contributed by atoms with Gasteiger partial charge in [-0.05, 0) is 12.1 Å². The number of carbonyl (C=O) groups is 1. The molecule has 1 aromatic carbocycles. The number of nitrogens with zero attached hydrogens (tertiary/aromatic N) is 1.